The van der Waals surface area contributed by atoms with Crippen molar-refractivity contribution >= 4 is 0 Å². The summed E-state index contributed by atoms with van der Waals surface area (Å²) in [6.45, 7) is 13.7. The van der Waals surface area contributed by atoms with Crippen LogP contribution in [-0.4, -0.2) is 11.7 Å². The number of aliphatic hydroxyl groups excluding tert-OH is 1. The van der Waals surface area contributed by atoms with Crippen molar-refractivity contribution in [3.63, 3.8) is 0 Å². The molecule has 1 N–H and O–H groups in total. The van der Waals surface area contributed by atoms with Crippen LogP contribution in [0.25, 0.3) is 0 Å². The molecular weight excluding hydrogens is 232 g/mol. The third-order valence-corrected chi connectivity index (χ3v) is 3.82. The molecule has 0 heterocycles. The van der Waals surface area contributed by atoms with Crippen LogP contribution in [0.1, 0.15) is 70.1 Å². The van der Waals surface area contributed by atoms with E-state index in [0.29, 0.717) is 11.8 Å². The highest BCUT2D eigenvalue weighted by Crippen LogP contribution is 2.33. The van der Waals surface area contributed by atoms with Gasteiger partial charge < -0.3 is 5.11 Å². The van der Waals surface area contributed by atoms with Gasteiger partial charge in [0, 0.05) is 6.61 Å². The molecule has 0 fully saturated rings. The molecule has 0 aliphatic rings. The SMILES string of the molecule is Cc1ccc(C(C)(C)C)cc1C(CCO)CC(C)C. The molecule has 1 aromatic rings. The minimum Gasteiger partial charge on any atom is -0.396 e. The van der Waals surface area contributed by atoms with Crippen molar-refractivity contribution in [2.75, 3.05) is 6.61 Å². The Balaban J connectivity index is 3.13. The molecule has 1 aromatic carbocycles. The number of hydrogen-bond donors (Lipinski definition) is 1. The molecule has 0 spiro atoms. The third kappa shape index (κ3) is 4.65. The minimum atomic E-state index is 0.185. The van der Waals surface area contributed by atoms with Gasteiger partial charge in [0.2, 0.25) is 0 Å². The lowest BCUT2D eigenvalue weighted by Crippen LogP contribution is -2.14. The molecule has 1 nitrogen and oxygen atoms in total. The third-order valence-electron chi connectivity index (χ3n) is 3.82. The Morgan fingerprint density at radius 3 is 2.26 bits per heavy atom. The van der Waals surface area contributed by atoms with Crippen LogP contribution in [0.2, 0.25) is 0 Å². The largest absolute Gasteiger partial charge is 0.396 e. The molecule has 1 unspecified atom stereocenters. The van der Waals surface area contributed by atoms with Gasteiger partial charge in [-0.2, -0.15) is 0 Å². The monoisotopic (exact) mass is 262 g/mol. The number of aryl methyl sites for hydroxylation is 1. The van der Waals surface area contributed by atoms with Crippen LogP contribution in [-0.2, 0) is 5.41 Å². The summed E-state index contributed by atoms with van der Waals surface area (Å²) in [5.74, 6) is 1.14. The zero-order valence-electron chi connectivity index (χ0n) is 13.5. The van der Waals surface area contributed by atoms with Crippen LogP contribution in [0.5, 0.6) is 0 Å². The lowest BCUT2D eigenvalue weighted by atomic mass is 9.80. The molecule has 108 valence electrons. The number of benzene rings is 1. The summed E-state index contributed by atoms with van der Waals surface area (Å²) in [5, 5.41) is 9.33. The highest BCUT2D eigenvalue weighted by molar-refractivity contribution is 5.36. The van der Waals surface area contributed by atoms with Crippen molar-refractivity contribution in [2.45, 2.75) is 65.7 Å². The van der Waals surface area contributed by atoms with Crippen molar-refractivity contribution < 1.29 is 5.11 Å². The van der Waals surface area contributed by atoms with E-state index in [1.807, 2.05) is 0 Å². The van der Waals surface area contributed by atoms with Gasteiger partial charge >= 0.3 is 0 Å². The van der Waals surface area contributed by atoms with Gasteiger partial charge in [0.25, 0.3) is 0 Å². The van der Waals surface area contributed by atoms with Crippen LogP contribution >= 0.6 is 0 Å². The van der Waals surface area contributed by atoms with Gasteiger partial charge in [-0.3, -0.25) is 0 Å². The molecule has 1 rings (SSSR count). The van der Waals surface area contributed by atoms with Crippen LogP contribution in [0.15, 0.2) is 18.2 Å². The minimum absolute atomic E-state index is 0.185. The van der Waals surface area contributed by atoms with Gasteiger partial charge in [0.15, 0.2) is 0 Å². The van der Waals surface area contributed by atoms with Gasteiger partial charge in [0.1, 0.15) is 0 Å². The standard InChI is InChI=1S/C18H30O/c1-13(2)11-15(9-10-19)17-12-16(18(4,5)6)8-7-14(17)3/h7-8,12-13,15,19H,9-11H2,1-6H3. The van der Waals surface area contributed by atoms with E-state index in [-0.39, 0.29) is 12.0 Å². The van der Waals surface area contributed by atoms with E-state index in [4.69, 9.17) is 0 Å². The van der Waals surface area contributed by atoms with E-state index >= 15 is 0 Å². The Labute approximate surface area is 119 Å². The molecule has 0 aromatic heterocycles. The van der Waals surface area contributed by atoms with Crippen molar-refractivity contribution in [3.8, 4) is 0 Å². The first kappa shape index (κ1) is 16.2. The lowest BCUT2D eigenvalue weighted by Gasteiger charge is -2.25. The lowest BCUT2D eigenvalue weighted by molar-refractivity contribution is 0.267. The Bertz CT molecular complexity index is 399. The maximum atomic E-state index is 9.33. The Morgan fingerprint density at radius 1 is 1.16 bits per heavy atom. The van der Waals surface area contributed by atoms with E-state index in [1.165, 1.54) is 16.7 Å². The Hall–Kier alpha value is -0.820. The second-order valence-corrected chi connectivity index (χ2v) is 7.16. The van der Waals surface area contributed by atoms with E-state index < -0.39 is 0 Å². The highest BCUT2D eigenvalue weighted by Gasteiger charge is 2.19. The summed E-state index contributed by atoms with van der Waals surface area (Å²) >= 11 is 0. The summed E-state index contributed by atoms with van der Waals surface area (Å²) in [5.41, 5.74) is 4.35. The molecular formula is C18H30O. The van der Waals surface area contributed by atoms with Gasteiger partial charge in [0.05, 0.1) is 0 Å². The van der Waals surface area contributed by atoms with Gasteiger partial charge in [-0.15, -0.1) is 0 Å². The Morgan fingerprint density at radius 2 is 1.79 bits per heavy atom. The number of rotatable bonds is 5. The van der Waals surface area contributed by atoms with Crippen molar-refractivity contribution in [1.82, 2.24) is 0 Å². The van der Waals surface area contributed by atoms with Crippen LogP contribution < -0.4 is 0 Å². The number of aliphatic hydroxyl groups is 1. The first-order valence-electron chi connectivity index (χ1n) is 7.47. The van der Waals surface area contributed by atoms with Crippen LogP contribution in [0.3, 0.4) is 0 Å². The molecule has 0 aliphatic heterocycles. The highest BCUT2D eigenvalue weighted by atomic mass is 16.3. The van der Waals surface area contributed by atoms with E-state index in [2.05, 4.69) is 59.7 Å². The summed E-state index contributed by atoms with van der Waals surface area (Å²) in [6.07, 6.45) is 2.02. The molecule has 0 saturated heterocycles. The molecule has 0 saturated carbocycles. The second kappa shape index (κ2) is 6.56. The zero-order valence-corrected chi connectivity index (χ0v) is 13.5. The summed E-state index contributed by atoms with van der Waals surface area (Å²) < 4.78 is 0. The van der Waals surface area contributed by atoms with Crippen molar-refractivity contribution in [3.05, 3.63) is 34.9 Å². The fourth-order valence-electron chi connectivity index (χ4n) is 2.67. The first-order valence-corrected chi connectivity index (χ1v) is 7.47. The molecule has 0 bridgehead atoms. The molecule has 1 heteroatoms. The summed E-state index contributed by atoms with van der Waals surface area (Å²) in [7, 11) is 0. The van der Waals surface area contributed by atoms with Gasteiger partial charge in [-0.05, 0) is 53.7 Å². The average molecular weight is 262 g/mol. The normalized spacial score (nSPS) is 13.9. The maximum absolute atomic E-state index is 9.33. The predicted octanol–water partition coefficient (Wildman–Crippen LogP) is 4.80. The smallest absolute Gasteiger partial charge is 0.0436 e. The maximum Gasteiger partial charge on any atom is 0.0436 e. The van der Waals surface area contributed by atoms with E-state index in [9.17, 15) is 5.11 Å². The van der Waals surface area contributed by atoms with Gasteiger partial charge in [-0.25, -0.2) is 0 Å². The van der Waals surface area contributed by atoms with Gasteiger partial charge in [-0.1, -0.05) is 52.8 Å². The second-order valence-electron chi connectivity index (χ2n) is 7.16. The van der Waals surface area contributed by atoms with Crippen LogP contribution in [0, 0.1) is 12.8 Å². The quantitative estimate of drug-likeness (QED) is 0.807. The fourth-order valence-corrected chi connectivity index (χ4v) is 2.67. The summed E-state index contributed by atoms with van der Waals surface area (Å²) in [4.78, 5) is 0. The topological polar surface area (TPSA) is 20.2 Å². The molecule has 19 heavy (non-hydrogen) atoms. The van der Waals surface area contributed by atoms with E-state index in [0.717, 1.165) is 12.8 Å². The predicted molar refractivity (Wildman–Crippen MR) is 83.8 cm³/mol. The zero-order chi connectivity index (χ0) is 14.6. The molecule has 0 aliphatic carbocycles. The number of hydrogen-bond acceptors (Lipinski definition) is 1. The summed E-state index contributed by atoms with van der Waals surface area (Å²) in [6, 6.07) is 6.84. The first-order chi connectivity index (χ1) is 8.75. The molecule has 0 amide bonds. The average Bonchev–Trinajstić information content (AvgIpc) is 2.27. The molecule has 0 radical (unpaired) electrons. The van der Waals surface area contributed by atoms with E-state index in [1.54, 1.807) is 0 Å². The van der Waals surface area contributed by atoms with Crippen LogP contribution in [0.4, 0.5) is 0 Å². The fraction of sp³-hybridized carbons (Fsp3) is 0.667. The van der Waals surface area contributed by atoms with Crippen molar-refractivity contribution in [2.24, 2.45) is 5.92 Å². The Kier molecular flexibility index (Phi) is 5.61. The molecule has 1 atom stereocenters. The van der Waals surface area contributed by atoms with Crippen molar-refractivity contribution in [1.29, 1.82) is 0 Å².